The summed E-state index contributed by atoms with van der Waals surface area (Å²) in [6, 6.07) is 12.7. The molecule has 0 saturated heterocycles. The summed E-state index contributed by atoms with van der Waals surface area (Å²) in [5, 5.41) is 10.4. The predicted molar refractivity (Wildman–Crippen MR) is 98.5 cm³/mol. The Kier molecular flexibility index (Phi) is 6.10. The molecule has 0 aliphatic carbocycles. The van der Waals surface area contributed by atoms with Crippen LogP contribution >= 0.6 is 35.6 Å². The zero-order chi connectivity index (χ0) is 16.4. The second-order valence-corrected chi connectivity index (χ2v) is 6.27. The molecular formula is C17H15Cl3N2O2. The fraction of sp³-hybridized carbons (Fsp3) is 0.176. The van der Waals surface area contributed by atoms with E-state index >= 15 is 0 Å². The molecule has 7 heteroatoms. The molecule has 0 aliphatic heterocycles. The van der Waals surface area contributed by atoms with Crippen molar-refractivity contribution in [3.05, 3.63) is 63.9 Å². The number of H-pyrrole nitrogens is 1. The first-order valence-electron chi connectivity index (χ1n) is 7.12. The summed E-state index contributed by atoms with van der Waals surface area (Å²) in [6.45, 7) is 0. The van der Waals surface area contributed by atoms with Crippen molar-refractivity contribution in [1.82, 2.24) is 9.97 Å². The molecule has 4 nitrogen and oxygen atoms in total. The summed E-state index contributed by atoms with van der Waals surface area (Å²) in [5.74, 6) is -0.329. The second-order valence-electron chi connectivity index (χ2n) is 5.40. The van der Waals surface area contributed by atoms with E-state index in [1.807, 2.05) is 18.2 Å². The fourth-order valence-electron chi connectivity index (χ4n) is 2.64. The highest BCUT2D eigenvalue weighted by Crippen LogP contribution is 2.27. The molecular weight excluding hydrogens is 371 g/mol. The number of carbonyl (C=O) groups is 1. The predicted octanol–water partition coefficient (Wildman–Crippen LogP) is 5.09. The molecule has 0 radical (unpaired) electrons. The molecule has 2 N–H and O–H groups in total. The number of fused-ring (bicyclic) bond motifs is 1. The number of hydrogen-bond acceptors (Lipinski definition) is 2. The lowest BCUT2D eigenvalue weighted by Crippen LogP contribution is -2.10. The van der Waals surface area contributed by atoms with Crippen molar-refractivity contribution in [1.29, 1.82) is 0 Å². The van der Waals surface area contributed by atoms with Gasteiger partial charge in [0.05, 0.1) is 17.5 Å². The molecule has 1 aromatic heterocycles. The summed E-state index contributed by atoms with van der Waals surface area (Å²) < 4.78 is 0. The van der Waals surface area contributed by atoms with Crippen molar-refractivity contribution >= 4 is 52.6 Å². The molecule has 0 aliphatic rings. The van der Waals surface area contributed by atoms with Gasteiger partial charge in [-0.3, -0.25) is 4.79 Å². The number of carboxylic acid groups (broad SMARTS) is 1. The number of rotatable bonds is 5. The van der Waals surface area contributed by atoms with Crippen molar-refractivity contribution in [2.75, 3.05) is 0 Å². The molecule has 3 aromatic rings. The van der Waals surface area contributed by atoms with E-state index < -0.39 is 5.97 Å². The maximum atomic E-state index is 11.2. The topological polar surface area (TPSA) is 66.0 Å². The fourth-order valence-corrected chi connectivity index (χ4v) is 3.01. The molecule has 24 heavy (non-hydrogen) atoms. The number of imidazole rings is 1. The maximum absolute atomic E-state index is 11.2. The van der Waals surface area contributed by atoms with E-state index in [9.17, 15) is 9.90 Å². The zero-order valence-electron chi connectivity index (χ0n) is 12.5. The molecule has 1 heterocycles. The summed E-state index contributed by atoms with van der Waals surface area (Å²) >= 11 is 12.0. The van der Waals surface area contributed by atoms with Crippen LogP contribution in [0.3, 0.4) is 0 Å². The van der Waals surface area contributed by atoms with Crippen LogP contribution in [0, 0.1) is 0 Å². The van der Waals surface area contributed by atoms with Crippen molar-refractivity contribution in [2.45, 2.75) is 18.8 Å². The third-order valence-electron chi connectivity index (χ3n) is 3.67. The van der Waals surface area contributed by atoms with E-state index in [1.54, 1.807) is 24.3 Å². The highest BCUT2D eigenvalue weighted by Gasteiger charge is 2.18. The lowest BCUT2D eigenvalue weighted by atomic mass is 9.92. The lowest BCUT2D eigenvalue weighted by Gasteiger charge is -2.14. The average molecular weight is 386 g/mol. The second kappa shape index (κ2) is 7.88. The number of benzene rings is 2. The van der Waals surface area contributed by atoms with Crippen LogP contribution in [0.25, 0.3) is 11.0 Å². The summed E-state index contributed by atoms with van der Waals surface area (Å²) in [5.41, 5.74) is 2.54. The van der Waals surface area contributed by atoms with Gasteiger partial charge in [-0.05, 0) is 35.9 Å². The number of hydrogen-bond donors (Lipinski definition) is 2. The number of carboxylic acids is 1. The van der Waals surface area contributed by atoms with Gasteiger partial charge in [0.25, 0.3) is 0 Å². The molecule has 0 spiro atoms. The number of aromatic amines is 1. The Morgan fingerprint density at radius 2 is 1.92 bits per heavy atom. The first-order valence-corrected chi connectivity index (χ1v) is 7.88. The molecule has 0 saturated carbocycles. The first kappa shape index (κ1) is 18.6. The standard InChI is InChI=1S/C17H14Cl2N2O2.ClH/c18-12-3-1-2-10(6-12)11(8-17(22)23)7-16-20-14-5-4-13(19)9-15(14)21-16;/h1-6,9,11H,7-8H2,(H,20,21)(H,22,23);1H. The summed E-state index contributed by atoms with van der Waals surface area (Å²) in [4.78, 5) is 18.9. The Balaban J connectivity index is 0.00000208. The largest absolute Gasteiger partial charge is 0.481 e. The van der Waals surface area contributed by atoms with Gasteiger partial charge in [0, 0.05) is 22.4 Å². The van der Waals surface area contributed by atoms with E-state index in [0.29, 0.717) is 16.5 Å². The number of nitrogens with zero attached hydrogens (tertiary/aromatic N) is 1. The van der Waals surface area contributed by atoms with Crippen LogP contribution in [0.4, 0.5) is 0 Å². The van der Waals surface area contributed by atoms with Gasteiger partial charge < -0.3 is 10.1 Å². The Morgan fingerprint density at radius 1 is 1.17 bits per heavy atom. The van der Waals surface area contributed by atoms with E-state index in [0.717, 1.165) is 22.4 Å². The molecule has 0 bridgehead atoms. The smallest absolute Gasteiger partial charge is 0.303 e. The Labute approximate surface area is 155 Å². The highest BCUT2D eigenvalue weighted by molar-refractivity contribution is 6.31. The minimum atomic E-state index is -0.853. The lowest BCUT2D eigenvalue weighted by molar-refractivity contribution is -0.137. The number of aliphatic carboxylic acids is 1. The van der Waals surface area contributed by atoms with Gasteiger partial charge in [0.1, 0.15) is 5.82 Å². The van der Waals surface area contributed by atoms with E-state index in [2.05, 4.69) is 9.97 Å². The van der Waals surface area contributed by atoms with Crippen molar-refractivity contribution < 1.29 is 9.90 Å². The third kappa shape index (κ3) is 4.41. The maximum Gasteiger partial charge on any atom is 0.303 e. The van der Waals surface area contributed by atoms with Crippen LogP contribution in [0.5, 0.6) is 0 Å². The van der Waals surface area contributed by atoms with Gasteiger partial charge in [0.15, 0.2) is 0 Å². The van der Waals surface area contributed by atoms with E-state index in [1.165, 1.54) is 0 Å². The highest BCUT2D eigenvalue weighted by atomic mass is 35.5. The number of aromatic nitrogens is 2. The normalized spacial score (nSPS) is 11.9. The van der Waals surface area contributed by atoms with Gasteiger partial charge in [0.2, 0.25) is 0 Å². The molecule has 126 valence electrons. The monoisotopic (exact) mass is 384 g/mol. The van der Waals surface area contributed by atoms with E-state index in [-0.39, 0.29) is 24.7 Å². The Bertz CT molecular complexity index is 864. The van der Waals surface area contributed by atoms with Crippen molar-refractivity contribution in [3.8, 4) is 0 Å². The average Bonchev–Trinajstić information content (AvgIpc) is 2.87. The molecule has 1 unspecified atom stereocenters. The quantitative estimate of drug-likeness (QED) is 0.642. The van der Waals surface area contributed by atoms with Gasteiger partial charge in [-0.2, -0.15) is 0 Å². The molecule has 2 aromatic carbocycles. The third-order valence-corrected chi connectivity index (χ3v) is 4.15. The molecule has 0 amide bonds. The van der Waals surface area contributed by atoms with Crippen LogP contribution in [0.2, 0.25) is 10.0 Å². The Morgan fingerprint density at radius 3 is 2.62 bits per heavy atom. The van der Waals surface area contributed by atoms with Crippen LogP contribution < -0.4 is 0 Å². The molecule has 1 atom stereocenters. The van der Waals surface area contributed by atoms with Gasteiger partial charge in [-0.25, -0.2) is 4.98 Å². The van der Waals surface area contributed by atoms with Gasteiger partial charge in [-0.1, -0.05) is 35.3 Å². The zero-order valence-corrected chi connectivity index (χ0v) is 14.8. The number of nitrogens with one attached hydrogen (secondary N) is 1. The van der Waals surface area contributed by atoms with Gasteiger partial charge >= 0.3 is 5.97 Å². The van der Waals surface area contributed by atoms with Crippen LogP contribution in [0.1, 0.15) is 23.7 Å². The van der Waals surface area contributed by atoms with Gasteiger partial charge in [-0.15, -0.1) is 12.4 Å². The summed E-state index contributed by atoms with van der Waals surface area (Å²) in [6.07, 6.45) is 0.497. The van der Waals surface area contributed by atoms with Crippen molar-refractivity contribution in [3.63, 3.8) is 0 Å². The van der Waals surface area contributed by atoms with Crippen LogP contribution in [0.15, 0.2) is 42.5 Å². The Hall–Kier alpha value is -1.75. The van der Waals surface area contributed by atoms with E-state index in [4.69, 9.17) is 23.2 Å². The molecule has 3 rings (SSSR count). The first-order chi connectivity index (χ1) is 11.0. The SMILES string of the molecule is Cl.O=C(O)CC(Cc1nc2cc(Cl)ccc2[nH]1)c1cccc(Cl)c1. The summed E-state index contributed by atoms with van der Waals surface area (Å²) in [7, 11) is 0. The van der Waals surface area contributed by atoms with Crippen LogP contribution in [-0.2, 0) is 11.2 Å². The minimum Gasteiger partial charge on any atom is -0.481 e. The number of halogens is 3. The molecule has 0 fully saturated rings. The van der Waals surface area contributed by atoms with Crippen LogP contribution in [-0.4, -0.2) is 21.0 Å². The van der Waals surface area contributed by atoms with Crippen molar-refractivity contribution in [2.24, 2.45) is 0 Å². The minimum absolute atomic E-state index is 0.